The second kappa shape index (κ2) is 3.63. The highest BCUT2D eigenvalue weighted by Gasteiger charge is 2.05. The fourth-order valence-electron chi connectivity index (χ4n) is 1.11. The molecule has 1 aromatic rings. The quantitative estimate of drug-likeness (QED) is 0.540. The van der Waals surface area contributed by atoms with E-state index in [0.29, 0.717) is 11.3 Å². The van der Waals surface area contributed by atoms with Crippen LogP contribution in [0.3, 0.4) is 0 Å². The van der Waals surface area contributed by atoms with Crippen LogP contribution in [0, 0.1) is 0 Å². The zero-order valence-electron chi connectivity index (χ0n) is 6.87. The van der Waals surface area contributed by atoms with E-state index in [1.807, 2.05) is 13.0 Å². The molecule has 0 amide bonds. The van der Waals surface area contributed by atoms with Gasteiger partial charge in [0.25, 0.3) is 0 Å². The smallest absolute Gasteiger partial charge is 0.216 e. The van der Waals surface area contributed by atoms with Crippen LogP contribution in [0.15, 0.2) is 18.2 Å². The number of nitrogens with two attached hydrogens (primary N) is 1. The van der Waals surface area contributed by atoms with Gasteiger partial charge in [-0.2, -0.15) is 0 Å². The molecule has 0 aliphatic rings. The summed E-state index contributed by atoms with van der Waals surface area (Å²) in [6, 6.07) is 5.23. The van der Waals surface area contributed by atoms with Crippen molar-refractivity contribution in [2.24, 2.45) is 0 Å². The number of benzene rings is 1. The molecule has 0 bridgehead atoms. The van der Waals surface area contributed by atoms with Crippen LogP contribution in [-0.2, 0) is 6.42 Å². The van der Waals surface area contributed by atoms with Gasteiger partial charge in [-0.1, -0.05) is 6.92 Å². The number of aryl methyl sites for hydroxylation is 1. The number of rotatable bonds is 2. The largest absolute Gasteiger partial charge is 0.399 e. The summed E-state index contributed by atoms with van der Waals surface area (Å²) in [4.78, 5) is 11.0. The van der Waals surface area contributed by atoms with Gasteiger partial charge in [0.2, 0.25) is 5.12 Å². The summed E-state index contributed by atoms with van der Waals surface area (Å²) >= 11 is 3.77. The maximum Gasteiger partial charge on any atom is 0.216 e. The van der Waals surface area contributed by atoms with Crippen molar-refractivity contribution in [3.8, 4) is 0 Å². The molecule has 0 fully saturated rings. The summed E-state index contributed by atoms with van der Waals surface area (Å²) < 4.78 is 0. The van der Waals surface area contributed by atoms with Crippen LogP contribution in [0.5, 0.6) is 0 Å². The van der Waals surface area contributed by atoms with Crippen molar-refractivity contribution in [3.05, 3.63) is 29.3 Å². The molecule has 12 heavy (non-hydrogen) atoms. The zero-order chi connectivity index (χ0) is 9.14. The van der Waals surface area contributed by atoms with Gasteiger partial charge in [-0.25, -0.2) is 0 Å². The van der Waals surface area contributed by atoms with Gasteiger partial charge in [0, 0.05) is 11.3 Å². The maximum absolute atomic E-state index is 11.0. The summed E-state index contributed by atoms with van der Waals surface area (Å²) in [5.74, 6) is 0. The Balaban J connectivity index is 3.20. The lowest BCUT2D eigenvalue weighted by Crippen LogP contribution is -1.98. The Bertz CT molecular complexity index is 309. The lowest BCUT2D eigenvalue weighted by molar-refractivity contribution is 0.109. The Morgan fingerprint density at radius 1 is 1.58 bits per heavy atom. The van der Waals surface area contributed by atoms with Crippen molar-refractivity contribution in [2.45, 2.75) is 13.3 Å². The zero-order valence-corrected chi connectivity index (χ0v) is 7.77. The van der Waals surface area contributed by atoms with Crippen molar-refractivity contribution in [1.29, 1.82) is 0 Å². The molecule has 0 aromatic heterocycles. The second-order valence-electron chi connectivity index (χ2n) is 2.58. The molecular weight excluding hydrogens is 170 g/mol. The molecule has 0 radical (unpaired) electrons. The molecule has 1 aromatic carbocycles. The molecule has 0 aliphatic carbocycles. The van der Waals surface area contributed by atoms with Gasteiger partial charge < -0.3 is 5.73 Å². The minimum atomic E-state index is -0.202. The number of hydrogen-bond donors (Lipinski definition) is 2. The van der Waals surface area contributed by atoms with Gasteiger partial charge in [-0.15, -0.1) is 12.6 Å². The van der Waals surface area contributed by atoms with Crippen LogP contribution in [0.25, 0.3) is 0 Å². The standard InChI is InChI=1S/C9H11NOS/c1-2-6-5-7(10)3-4-8(6)9(11)12/h3-5H,2,10H2,1H3,(H,11,12). The second-order valence-corrected chi connectivity index (χ2v) is 2.98. The third-order valence-electron chi connectivity index (χ3n) is 1.74. The predicted molar refractivity (Wildman–Crippen MR) is 53.5 cm³/mol. The van der Waals surface area contributed by atoms with E-state index in [1.54, 1.807) is 12.1 Å². The monoisotopic (exact) mass is 181 g/mol. The molecular formula is C9H11NOS. The molecule has 0 saturated carbocycles. The first-order valence-corrected chi connectivity index (χ1v) is 4.21. The third kappa shape index (κ3) is 1.80. The number of anilines is 1. The van der Waals surface area contributed by atoms with Crippen molar-refractivity contribution in [1.82, 2.24) is 0 Å². The lowest BCUT2D eigenvalue weighted by atomic mass is 10.1. The average molecular weight is 181 g/mol. The molecule has 2 N–H and O–H groups in total. The molecule has 2 nitrogen and oxygen atoms in total. The van der Waals surface area contributed by atoms with Gasteiger partial charge in [0.1, 0.15) is 0 Å². The normalized spacial score (nSPS) is 9.83. The molecule has 3 heteroatoms. The van der Waals surface area contributed by atoms with E-state index in [4.69, 9.17) is 5.73 Å². The predicted octanol–water partition coefficient (Wildman–Crippen LogP) is 1.90. The van der Waals surface area contributed by atoms with E-state index in [2.05, 4.69) is 12.6 Å². The SMILES string of the molecule is CCc1cc(N)ccc1C(=O)S. The molecule has 0 atom stereocenters. The minimum Gasteiger partial charge on any atom is -0.399 e. The van der Waals surface area contributed by atoms with Gasteiger partial charge in [-0.05, 0) is 30.2 Å². The van der Waals surface area contributed by atoms with Crippen LogP contribution in [0.4, 0.5) is 5.69 Å². The summed E-state index contributed by atoms with van der Waals surface area (Å²) in [5, 5.41) is -0.202. The van der Waals surface area contributed by atoms with Gasteiger partial charge >= 0.3 is 0 Å². The summed E-state index contributed by atoms with van der Waals surface area (Å²) in [7, 11) is 0. The number of nitrogen functional groups attached to an aromatic ring is 1. The molecule has 0 unspecified atom stereocenters. The van der Waals surface area contributed by atoms with E-state index in [-0.39, 0.29) is 5.12 Å². The van der Waals surface area contributed by atoms with Crippen LogP contribution in [0.2, 0.25) is 0 Å². The van der Waals surface area contributed by atoms with E-state index in [1.165, 1.54) is 0 Å². The fraction of sp³-hybridized carbons (Fsp3) is 0.222. The molecule has 0 spiro atoms. The average Bonchev–Trinajstić information content (AvgIpc) is 2.03. The highest BCUT2D eigenvalue weighted by Crippen LogP contribution is 2.15. The topological polar surface area (TPSA) is 43.1 Å². The van der Waals surface area contributed by atoms with E-state index in [9.17, 15) is 4.79 Å². The maximum atomic E-state index is 11.0. The van der Waals surface area contributed by atoms with Gasteiger partial charge in [0.15, 0.2) is 0 Å². The van der Waals surface area contributed by atoms with Gasteiger partial charge in [-0.3, -0.25) is 4.79 Å². The van der Waals surface area contributed by atoms with Crippen LogP contribution >= 0.6 is 12.6 Å². The van der Waals surface area contributed by atoms with Crippen molar-refractivity contribution >= 4 is 23.4 Å². The van der Waals surface area contributed by atoms with Gasteiger partial charge in [0.05, 0.1) is 0 Å². The number of carbonyl (C=O) groups excluding carboxylic acids is 1. The number of carbonyl (C=O) groups is 1. The Morgan fingerprint density at radius 3 is 2.75 bits per heavy atom. The minimum absolute atomic E-state index is 0.202. The summed E-state index contributed by atoms with van der Waals surface area (Å²) in [6.07, 6.45) is 0.798. The number of thiol groups is 1. The van der Waals surface area contributed by atoms with Crippen LogP contribution in [0.1, 0.15) is 22.8 Å². The molecule has 1 rings (SSSR count). The molecule has 0 saturated heterocycles. The highest BCUT2D eigenvalue weighted by molar-refractivity contribution is 7.97. The van der Waals surface area contributed by atoms with E-state index in [0.717, 1.165) is 12.0 Å². The highest BCUT2D eigenvalue weighted by atomic mass is 32.1. The first-order chi connectivity index (χ1) is 5.65. The van der Waals surface area contributed by atoms with Crippen molar-refractivity contribution in [3.63, 3.8) is 0 Å². The lowest BCUT2D eigenvalue weighted by Gasteiger charge is -2.03. The van der Waals surface area contributed by atoms with Crippen molar-refractivity contribution < 1.29 is 4.79 Å². The Kier molecular flexibility index (Phi) is 2.76. The summed E-state index contributed by atoms with van der Waals surface area (Å²) in [6.45, 7) is 1.98. The Labute approximate surface area is 77.2 Å². The number of hydrogen-bond acceptors (Lipinski definition) is 2. The third-order valence-corrected chi connectivity index (χ3v) is 1.98. The van der Waals surface area contributed by atoms with E-state index < -0.39 is 0 Å². The summed E-state index contributed by atoms with van der Waals surface area (Å²) in [5.41, 5.74) is 7.85. The van der Waals surface area contributed by atoms with Crippen molar-refractivity contribution in [2.75, 3.05) is 5.73 Å². The Morgan fingerprint density at radius 2 is 2.25 bits per heavy atom. The molecule has 0 aliphatic heterocycles. The molecule has 64 valence electrons. The Hall–Kier alpha value is -0.960. The fourth-order valence-corrected chi connectivity index (χ4v) is 1.33. The van der Waals surface area contributed by atoms with E-state index >= 15 is 0 Å². The van der Waals surface area contributed by atoms with Crippen LogP contribution < -0.4 is 5.73 Å². The first kappa shape index (κ1) is 9.13. The van der Waals surface area contributed by atoms with Crippen LogP contribution in [-0.4, -0.2) is 5.12 Å². The first-order valence-electron chi connectivity index (χ1n) is 3.77. The molecule has 0 heterocycles.